The molecule has 4 nitrogen and oxygen atoms in total. The number of ether oxygens (including phenoxy) is 1. The third-order valence-corrected chi connectivity index (χ3v) is 4.67. The number of carbonyl (C=O) groups excluding carboxylic acids is 2. The highest BCUT2D eigenvalue weighted by Gasteiger charge is 2.36. The van der Waals surface area contributed by atoms with Gasteiger partial charge in [0, 0.05) is 11.3 Å². The zero-order chi connectivity index (χ0) is 16.1. The minimum Gasteiger partial charge on any atom is -0.459 e. The van der Waals surface area contributed by atoms with Gasteiger partial charge in [-0.05, 0) is 17.7 Å². The van der Waals surface area contributed by atoms with Crippen molar-refractivity contribution in [3.63, 3.8) is 0 Å². The number of amides is 1. The Morgan fingerprint density at radius 1 is 1.04 bits per heavy atom. The molecule has 118 valence electrons. The largest absolute Gasteiger partial charge is 0.459 e. The van der Waals surface area contributed by atoms with Gasteiger partial charge >= 0.3 is 5.97 Å². The molecule has 2 aromatic rings. The molecule has 1 heterocycles. The van der Waals surface area contributed by atoms with Gasteiger partial charge in [-0.15, -0.1) is 11.8 Å². The lowest BCUT2D eigenvalue weighted by Gasteiger charge is -2.22. The van der Waals surface area contributed by atoms with Gasteiger partial charge in [-0.1, -0.05) is 48.5 Å². The van der Waals surface area contributed by atoms with Crippen LogP contribution in [-0.4, -0.2) is 34.4 Å². The minimum atomic E-state index is -0.517. The molecule has 0 spiro atoms. The van der Waals surface area contributed by atoms with Crippen LogP contribution in [0.15, 0.2) is 60.7 Å². The molecule has 0 radical (unpaired) electrons. The van der Waals surface area contributed by atoms with E-state index in [1.54, 1.807) is 28.8 Å². The highest BCUT2D eigenvalue weighted by molar-refractivity contribution is 7.99. The van der Waals surface area contributed by atoms with E-state index in [4.69, 9.17) is 4.74 Å². The third-order valence-electron chi connectivity index (χ3n) is 3.66. The van der Waals surface area contributed by atoms with Gasteiger partial charge < -0.3 is 9.64 Å². The maximum absolute atomic E-state index is 12.5. The van der Waals surface area contributed by atoms with Crippen molar-refractivity contribution in [3.05, 3.63) is 71.8 Å². The molecule has 23 heavy (non-hydrogen) atoms. The van der Waals surface area contributed by atoms with Crippen LogP contribution < -0.4 is 0 Å². The van der Waals surface area contributed by atoms with E-state index in [2.05, 4.69) is 0 Å². The number of hydrogen-bond donors (Lipinski definition) is 0. The standard InChI is InChI=1S/C18H17NO3S/c20-17(15-9-5-2-6-10-15)19-13-23-12-16(19)18(21)22-11-14-7-3-1-4-8-14/h1-10,16H,11-13H2/t16-/m0/s1. The summed E-state index contributed by atoms with van der Waals surface area (Å²) in [7, 11) is 0. The predicted molar refractivity (Wildman–Crippen MR) is 90.0 cm³/mol. The zero-order valence-electron chi connectivity index (χ0n) is 12.6. The Bertz CT molecular complexity index is 675. The van der Waals surface area contributed by atoms with Crippen LogP contribution >= 0.6 is 11.8 Å². The fourth-order valence-electron chi connectivity index (χ4n) is 2.41. The summed E-state index contributed by atoms with van der Waals surface area (Å²) < 4.78 is 5.38. The third kappa shape index (κ3) is 3.74. The first-order valence-corrected chi connectivity index (χ1v) is 8.55. The van der Waals surface area contributed by atoms with Crippen molar-refractivity contribution >= 4 is 23.6 Å². The van der Waals surface area contributed by atoms with Crippen LogP contribution in [0.4, 0.5) is 0 Å². The molecule has 1 atom stereocenters. The fraction of sp³-hybridized carbons (Fsp3) is 0.222. The molecule has 1 fully saturated rings. The van der Waals surface area contributed by atoms with Gasteiger partial charge in [-0.3, -0.25) is 4.79 Å². The van der Waals surface area contributed by atoms with E-state index in [0.29, 0.717) is 17.2 Å². The predicted octanol–water partition coefficient (Wildman–Crippen LogP) is 2.95. The first-order chi connectivity index (χ1) is 11.3. The normalized spacial score (nSPS) is 17.0. The van der Waals surface area contributed by atoms with Crippen LogP contribution in [0, 0.1) is 0 Å². The van der Waals surface area contributed by atoms with E-state index in [1.165, 1.54) is 0 Å². The minimum absolute atomic E-state index is 0.128. The van der Waals surface area contributed by atoms with Crippen molar-refractivity contribution in [1.82, 2.24) is 4.90 Å². The molecule has 2 aromatic carbocycles. The van der Waals surface area contributed by atoms with Crippen molar-refractivity contribution in [1.29, 1.82) is 0 Å². The number of nitrogens with zero attached hydrogens (tertiary/aromatic N) is 1. The van der Waals surface area contributed by atoms with E-state index in [0.717, 1.165) is 5.56 Å². The average molecular weight is 327 g/mol. The van der Waals surface area contributed by atoms with Crippen molar-refractivity contribution in [2.45, 2.75) is 12.6 Å². The summed E-state index contributed by atoms with van der Waals surface area (Å²) in [5.41, 5.74) is 1.53. The maximum atomic E-state index is 12.5. The second-order valence-corrected chi connectivity index (χ2v) is 6.25. The molecule has 0 bridgehead atoms. The van der Waals surface area contributed by atoms with Gasteiger partial charge in [-0.25, -0.2) is 4.79 Å². The zero-order valence-corrected chi connectivity index (χ0v) is 13.4. The summed E-state index contributed by atoms with van der Waals surface area (Å²) in [6.45, 7) is 0.230. The molecule has 0 N–H and O–H groups in total. The molecule has 3 rings (SSSR count). The Hall–Kier alpha value is -2.27. The van der Waals surface area contributed by atoms with Gasteiger partial charge in [0.25, 0.3) is 5.91 Å². The maximum Gasteiger partial charge on any atom is 0.330 e. The van der Waals surface area contributed by atoms with Crippen LogP contribution in [0.1, 0.15) is 15.9 Å². The Balaban J connectivity index is 1.64. The highest BCUT2D eigenvalue weighted by atomic mass is 32.2. The monoisotopic (exact) mass is 327 g/mol. The number of hydrogen-bond acceptors (Lipinski definition) is 4. The quantitative estimate of drug-likeness (QED) is 0.810. The van der Waals surface area contributed by atoms with E-state index >= 15 is 0 Å². The van der Waals surface area contributed by atoms with Gasteiger partial charge in [-0.2, -0.15) is 0 Å². The molecule has 1 aliphatic heterocycles. The average Bonchev–Trinajstić information content (AvgIpc) is 3.10. The molecule has 1 aliphatic rings. The number of esters is 1. The summed E-state index contributed by atoms with van der Waals surface area (Å²) in [5, 5.41) is 0. The van der Waals surface area contributed by atoms with Crippen molar-refractivity contribution < 1.29 is 14.3 Å². The first-order valence-electron chi connectivity index (χ1n) is 7.40. The van der Waals surface area contributed by atoms with Crippen LogP contribution in [-0.2, 0) is 16.1 Å². The van der Waals surface area contributed by atoms with Gasteiger partial charge in [0.1, 0.15) is 12.6 Å². The van der Waals surface area contributed by atoms with Crippen molar-refractivity contribution in [3.8, 4) is 0 Å². The molecular weight excluding hydrogens is 310 g/mol. The number of thioether (sulfide) groups is 1. The van der Waals surface area contributed by atoms with Crippen molar-refractivity contribution in [2.24, 2.45) is 0 Å². The van der Waals surface area contributed by atoms with Crippen LogP contribution in [0.25, 0.3) is 0 Å². The second kappa shape index (κ2) is 7.33. The summed E-state index contributed by atoms with van der Waals surface area (Å²) in [5.74, 6) is 0.616. The lowest BCUT2D eigenvalue weighted by atomic mass is 10.2. The van der Waals surface area contributed by atoms with Crippen LogP contribution in [0.3, 0.4) is 0 Å². The Kier molecular flexibility index (Phi) is 4.98. The topological polar surface area (TPSA) is 46.6 Å². The molecule has 1 saturated heterocycles. The summed E-state index contributed by atoms with van der Waals surface area (Å²) in [6.07, 6.45) is 0. The Morgan fingerprint density at radius 2 is 1.70 bits per heavy atom. The molecular formula is C18H17NO3S. The second-order valence-electron chi connectivity index (χ2n) is 5.25. The molecule has 0 saturated carbocycles. The Morgan fingerprint density at radius 3 is 2.39 bits per heavy atom. The fourth-order valence-corrected chi connectivity index (χ4v) is 3.55. The number of benzene rings is 2. The lowest BCUT2D eigenvalue weighted by molar-refractivity contribution is -0.149. The smallest absolute Gasteiger partial charge is 0.330 e. The highest BCUT2D eigenvalue weighted by Crippen LogP contribution is 2.24. The van der Waals surface area contributed by atoms with Crippen molar-refractivity contribution in [2.75, 3.05) is 11.6 Å². The van der Waals surface area contributed by atoms with E-state index in [9.17, 15) is 9.59 Å². The van der Waals surface area contributed by atoms with Gasteiger partial charge in [0.05, 0.1) is 5.88 Å². The lowest BCUT2D eigenvalue weighted by Crippen LogP contribution is -2.42. The van der Waals surface area contributed by atoms with E-state index in [-0.39, 0.29) is 18.5 Å². The first kappa shape index (κ1) is 15.6. The number of rotatable bonds is 4. The van der Waals surface area contributed by atoms with Crippen LogP contribution in [0.2, 0.25) is 0 Å². The molecule has 5 heteroatoms. The summed E-state index contributed by atoms with van der Waals surface area (Å²) >= 11 is 1.57. The molecule has 0 aromatic heterocycles. The van der Waals surface area contributed by atoms with Gasteiger partial charge in [0.15, 0.2) is 0 Å². The summed E-state index contributed by atoms with van der Waals surface area (Å²) in [6, 6.07) is 18.0. The number of carbonyl (C=O) groups is 2. The summed E-state index contributed by atoms with van der Waals surface area (Å²) in [4.78, 5) is 26.5. The molecule has 0 unspecified atom stereocenters. The van der Waals surface area contributed by atoms with E-state index < -0.39 is 6.04 Å². The molecule has 0 aliphatic carbocycles. The SMILES string of the molecule is O=C(OCc1ccccc1)[C@@H]1CSCN1C(=O)c1ccccc1. The van der Waals surface area contributed by atoms with E-state index in [1.807, 2.05) is 48.5 Å². The molecule has 1 amide bonds. The van der Waals surface area contributed by atoms with Gasteiger partial charge in [0.2, 0.25) is 0 Å². The van der Waals surface area contributed by atoms with Crippen LogP contribution in [0.5, 0.6) is 0 Å². The Labute approximate surface area is 139 Å².